The first-order valence-corrected chi connectivity index (χ1v) is 9.46. The van der Waals surface area contributed by atoms with E-state index in [2.05, 4.69) is 14.9 Å². The summed E-state index contributed by atoms with van der Waals surface area (Å²) in [4.78, 5) is 17.1. The Bertz CT molecular complexity index is 913. The average molecular weight is 367 g/mol. The van der Waals surface area contributed by atoms with Crippen LogP contribution < -0.4 is 10.4 Å². The van der Waals surface area contributed by atoms with Gasteiger partial charge in [-0.1, -0.05) is 24.3 Å². The van der Waals surface area contributed by atoms with Crippen molar-refractivity contribution in [3.63, 3.8) is 0 Å². The van der Waals surface area contributed by atoms with Crippen LogP contribution in [0.1, 0.15) is 0 Å². The Balaban J connectivity index is 1.20. The molecular weight excluding hydrogens is 342 g/mol. The molecule has 0 bridgehead atoms. The Labute approximate surface area is 158 Å². The molecule has 0 aliphatic carbocycles. The molecule has 0 amide bonds. The molecule has 2 aromatic heterocycles. The van der Waals surface area contributed by atoms with Gasteiger partial charge in [-0.3, -0.25) is 14.2 Å². The summed E-state index contributed by atoms with van der Waals surface area (Å²) in [6, 6.07) is 15.5. The Kier molecular flexibility index (Phi) is 5.50. The highest BCUT2D eigenvalue weighted by molar-refractivity contribution is 5.35. The van der Waals surface area contributed by atoms with Crippen LogP contribution in [0.15, 0.2) is 59.5 Å². The second kappa shape index (κ2) is 8.37. The number of pyridine rings is 1. The van der Waals surface area contributed by atoms with Crippen LogP contribution in [0.5, 0.6) is 5.75 Å². The third-order valence-electron chi connectivity index (χ3n) is 5.00. The maximum atomic E-state index is 12.3. The Morgan fingerprint density at radius 3 is 2.30 bits per heavy atom. The first kappa shape index (κ1) is 17.8. The third-order valence-corrected chi connectivity index (χ3v) is 5.00. The zero-order chi connectivity index (χ0) is 18.5. The minimum absolute atomic E-state index is 0.0673. The first-order valence-electron chi connectivity index (χ1n) is 9.46. The lowest BCUT2D eigenvalue weighted by atomic mass is 10.3. The lowest BCUT2D eigenvalue weighted by Gasteiger charge is -2.34. The standard InChI is InChI=1S/C20H25N5O2/c26-20-24-9-5-4-8-19(24)21-25(20)15-14-22-10-12-23(13-11-22)16-17-27-18-6-2-1-3-7-18/h1-9H,10-17H2. The summed E-state index contributed by atoms with van der Waals surface area (Å²) in [5.41, 5.74) is 0.632. The average Bonchev–Trinajstić information content (AvgIpc) is 3.04. The SMILES string of the molecule is O=c1n(CCN2CCN(CCOc3ccccc3)CC2)nc2ccccn12. The number of benzene rings is 1. The summed E-state index contributed by atoms with van der Waals surface area (Å²) in [5, 5.41) is 4.39. The van der Waals surface area contributed by atoms with Gasteiger partial charge in [0.25, 0.3) is 0 Å². The van der Waals surface area contributed by atoms with Crippen LogP contribution in [0.2, 0.25) is 0 Å². The topological polar surface area (TPSA) is 55.0 Å². The van der Waals surface area contributed by atoms with E-state index in [0.29, 0.717) is 18.8 Å². The fourth-order valence-corrected chi connectivity index (χ4v) is 3.40. The van der Waals surface area contributed by atoms with Crippen molar-refractivity contribution in [1.82, 2.24) is 24.0 Å². The number of aromatic nitrogens is 3. The van der Waals surface area contributed by atoms with Crippen molar-refractivity contribution < 1.29 is 4.74 Å². The number of rotatable bonds is 7. The lowest BCUT2D eigenvalue weighted by molar-refractivity contribution is 0.113. The molecule has 0 unspecified atom stereocenters. The smallest absolute Gasteiger partial charge is 0.350 e. The van der Waals surface area contributed by atoms with Crippen molar-refractivity contribution in [3.05, 3.63) is 65.2 Å². The van der Waals surface area contributed by atoms with Gasteiger partial charge in [0, 0.05) is 45.5 Å². The van der Waals surface area contributed by atoms with E-state index < -0.39 is 0 Å². The van der Waals surface area contributed by atoms with Crippen molar-refractivity contribution in [2.75, 3.05) is 45.9 Å². The minimum atomic E-state index is -0.0673. The van der Waals surface area contributed by atoms with E-state index in [9.17, 15) is 4.79 Å². The van der Waals surface area contributed by atoms with Gasteiger partial charge in [-0.05, 0) is 24.3 Å². The first-order chi connectivity index (χ1) is 13.3. The van der Waals surface area contributed by atoms with Crippen molar-refractivity contribution in [2.45, 2.75) is 6.54 Å². The summed E-state index contributed by atoms with van der Waals surface area (Å²) < 4.78 is 8.93. The monoisotopic (exact) mass is 367 g/mol. The molecule has 3 heterocycles. The largest absolute Gasteiger partial charge is 0.492 e. The number of para-hydroxylation sites is 1. The van der Waals surface area contributed by atoms with E-state index in [1.165, 1.54) is 0 Å². The minimum Gasteiger partial charge on any atom is -0.492 e. The van der Waals surface area contributed by atoms with Crippen LogP contribution in [0.3, 0.4) is 0 Å². The molecule has 7 heteroatoms. The summed E-state index contributed by atoms with van der Waals surface area (Å²) in [6.07, 6.45) is 1.76. The molecule has 1 aliphatic heterocycles. The molecule has 3 aromatic rings. The molecule has 0 atom stereocenters. The predicted octanol–water partition coefficient (Wildman–Crippen LogP) is 1.19. The summed E-state index contributed by atoms with van der Waals surface area (Å²) >= 11 is 0. The quantitative estimate of drug-likeness (QED) is 0.628. The highest BCUT2D eigenvalue weighted by atomic mass is 16.5. The van der Waals surface area contributed by atoms with E-state index in [1.807, 2.05) is 48.5 Å². The van der Waals surface area contributed by atoms with Gasteiger partial charge < -0.3 is 4.74 Å². The molecule has 1 aliphatic rings. The van der Waals surface area contributed by atoms with Crippen molar-refractivity contribution in [2.24, 2.45) is 0 Å². The van der Waals surface area contributed by atoms with Gasteiger partial charge in [0.2, 0.25) is 0 Å². The van der Waals surface area contributed by atoms with E-state index in [-0.39, 0.29) is 5.69 Å². The van der Waals surface area contributed by atoms with Crippen molar-refractivity contribution >= 4 is 5.65 Å². The van der Waals surface area contributed by atoms with E-state index >= 15 is 0 Å². The van der Waals surface area contributed by atoms with Gasteiger partial charge in [-0.15, -0.1) is 5.10 Å². The summed E-state index contributed by atoms with van der Waals surface area (Å²) in [5.74, 6) is 0.925. The zero-order valence-electron chi connectivity index (χ0n) is 15.4. The Hall–Kier alpha value is -2.64. The molecular formula is C20H25N5O2. The molecule has 7 nitrogen and oxygen atoms in total. The van der Waals surface area contributed by atoms with Crippen LogP contribution in [0.25, 0.3) is 5.65 Å². The number of fused-ring (bicyclic) bond motifs is 1. The maximum absolute atomic E-state index is 12.3. The van der Waals surface area contributed by atoms with Gasteiger partial charge in [-0.2, -0.15) is 0 Å². The van der Waals surface area contributed by atoms with Crippen LogP contribution >= 0.6 is 0 Å². The van der Waals surface area contributed by atoms with E-state index in [1.54, 1.807) is 15.3 Å². The fourth-order valence-electron chi connectivity index (χ4n) is 3.40. The number of hydrogen-bond acceptors (Lipinski definition) is 5. The lowest BCUT2D eigenvalue weighted by Crippen LogP contribution is -2.48. The van der Waals surface area contributed by atoms with Crippen LogP contribution in [0, 0.1) is 0 Å². The van der Waals surface area contributed by atoms with Gasteiger partial charge in [0.05, 0.1) is 6.54 Å². The van der Waals surface area contributed by atoms with Crippen molar-refractivity contribution in [1.29, 1.82) is 0 Å². The van der Waals surface area contributed by atoms with Gasteiger partial charge in [-0.25, -0.2) is 9.48 Å². The van der Waals surface area contributed by atoms with Gasteiger partial charge >= 0.3 is 5.69 Å². The molecule has 4 rings (SSSR count). The summed E-state index contributed by atoms with van der Waals surface area (Å²) in [6.45, 7) is 7.18. The highest BCUT2D eigenvalue weighted by Crippen LogP contribution is 2.08. The van der Waals surface area contributed by atoms with Crippen molar-refractivity contribution in [3.8, 4) is 5.75 Å². The van der Waals surface area contributed by atoms with Crippen LogP contribution in [-0.4, -0.2) is 69.9 Å². The molecule has 27 heavy (non-hydrogen) atoms. The molecule has 0 radical (unpaired) electrons. The molecule has 142 valence electrons. The van der Waals surface area contributed by atoms with Gasteiger partial charge in [0.15, 0.2) is 5.65 Å². The highest BCUT2D eigenvalue weighted by Gasteiger charge is 2.17. The number of nitrogens with zero attached hydrogens (tertiary/aromatic N) is 5. The maximum Gasteiger partial charge on any atom is 0.350 e. The van der Waals surface area contributed by atoms with E-state index in [4.69, 9.17) is 4.74 Å². The van der Waals surface area contributed by atoms with Gasteiger partial charge in [0.1, 0.15) is 12.4 Å². The Morgan fingerprint density at radius 2 is 1.56 bits per heavy atom. The molecule has 1 aromatic carbocycles. The third kappa shape index (κ3) is 4.37. The van der Waals surface area contributed by atoms with Crippen LogP contribution in [-0.2, 0) is 6.54 Å². The summed E-state index contributed by atoms with van der Waals surface area (Å²) in [7, 11) is 0. The van der Waals surface area contributed by atoms with Crippen LogP contribution in [0.4, 0.5) is 0 Å². The van der Waals surface area contributed by atoms with E-state index in [0.717, 1.165) is 45.0 Å². The second-order valence-electron chi connectivity index (χ2n) is 6.78. The number of piperazine rings is 1. The molecule has 1 saturated heterocycles. The normalized spacial score (nSPS) is 16.0. The second-order valence-corrected chi connectivity index (χ2v) is 6.78. The Morgan fingerprint density at radius 1 is 0.852 bits per heavy atom. The molecule has 0 N–H and O–H groups in total. The predicted molar refractivity (Wildman–Crippen MR) is 104 cm³/mol. The number of hydrogen-bond donors (Lipinski definition) is 0. The molecule has 0 saturated carbocycles. The molecule has 1 fully saturated rings. The zero-order valence-corrected chi connectivity index (χ0v) is 15.4. The fraction of sp³-hybridized carbons (Fsp3) is 0.400. The molecule has 0 spiro atoms. The number of ether oxygens (including phenoxy) is 1.